The summed E-state index contributed by atoms with van der Waals surface area (Å²) in [6, 6.07) is 1.35. The van der Waals surface area contributed by atoms with E-state index in [0.717, 1.165) is 36.4 Å². The van der Waals surface area contributed by atoms with Crippen molar-refractivity contribution >= 4 is 35.2 Å². The number of aryl methyl sites for hydroxylation is 1. The lowest BCUT2D eigenvalue weighted by Gasteiger charge is -2.17. The number of halogens is 6. The van der Waals surface area contributed by atoms with Gasteiger partial charge in [-0.3, -0.25) is 4.79 Å². The second-order valence-corrected chi connectivity index (χ2v) is 7.39. The molecule has 0 atom stereocenters. The number of rotatable bonds is 5. The van der Waals surface area contributed by atoms with E-state index in [9.17, 15) is 31.5 Å². The van der Waals surface area contributed by atoms with Crippen molar-refractivity contribution in [2.24, 2.45) is 7.05 Å². The van der Waals surface area contributed by atoms with Crippen LogP contribution >= 0.6 is 22.9 Å². The first kappa shape index (κ1) is 21.8. The first-order valence-electron chi connectivity index (χ1n) is 7.70. The summed E-state index contributed by atoms with van der Waals surface area (Å²) in [6.07, 6.45) is -4.97. The van der Waals surface area contributed by atoms with Crippen molar-refractivity contribution in [1.29, 1.82) is 0 Å². The highest BCUT2D eigenvalue weighted by Crippen LogP contribution is 2.45. The van der Waals surface area contributed by atoms with Gasteiger partial charge in [0.25, 0.3) is 0 Å². The van der Waals surface area contributed by atoms with E-state index in [2.05, 4.69) is 20.1 Å². The zero-order valence-corrected chi connectivity index (χ0v) is 16.4. The highest BCUT2D eigenvalue weighted by Gasteiger charge is 2.62. The first-order valence-corrected chi connectivity index (χ1v) is 8.89. The summed E-state index contributed by atoms with van der Waals surface area (Å²) < 4.78 is 71.9. The Kier molecular flexibility index (Phi) is 5.41. The Bertz CT molecular complexity index is 1140. The second kappa shape index (κ2) is 7.43. The fraction of sp³-hybridized carbons (Fsp3) is 0.267. The summed E-state index contributed by atoms with van der Waals surface area (Å²) in [5.74, 6) is -6.53. The third kappa shape index (κ3) is 3.45. The van der Waals surface area contributed by atoms with Gasteiger partial charge in [-0.25, -0.2) is 14.2 Å². The van der Waals surface area contributed by atoms with Gasteiger partial charge in [-0.05, 0) is 6.07 Å². The number of hydrogen-bond donors (Lipinski definition) is 0. The molecule has 0 fully saturated rings. The molecule has 3 aromatic heterocycles. The van der Waals surface area contributed by atoms with E-state index in [4.69, 9.17) is 11.6 Å². The Balaban J connectivity index is 2.09. The van der Waals surface area contributed by atoms with Crippen molar-refractivity contribution in [2.75, 3.05) is 7.11 Å². The largest absolute Gasteiger partial charge is 0.465 e. The van der Waals surface area contributed by atoms with Gasteiger partial charge in [-0.1, -0.05) is 16.8 Å². The van der Waals surface area contributed by atoms with Crippen LogP contribution in [0.1, 0.15) is 26.4 Å². The summed E-state index contributed by atoms with van der Waals surface area (Å²) in [4.78, 5) is 23.4. The lowest BCUT2D eigenvalue weighted by atomic mass is 10.1. The van der Waals surface area contributed by atoms with Crippen LogP contribution in [0.3, 0.4) is 0 Å². The number of alkyl halides is 5. The summed E-state index contributed by atoms with van der Waals surface area (Å²) in [7, 11) is 2.22. The summed E-state index contributed by atoms with van der Waals surface area (Å²) in [5, 5.41) is 10.6. The zero-order valence-electron chi connectivity index (χ0n) is 14.9. The van der Waals surface area contributed by atoms with Gasteiger partial charge in [0.1, 0.15) is 10.0 Å². The van der Waals surface area contributed by atoms with E-state index in [-0.39, 0.29) is 21.9 Å². The van der Waals surface area contributed by atoms with E-state index in [0.29, 0.717) is 9.56 Å². The average Bonchev–Trinajstić information content (AvgIpc) is 3.36. The van der Waals surface area contributed by atoms with Crippen LogP contribution < -0.4 is 0 Å². The van der Waals surface area contributed by atoms with E-state index < -0.39 is 35.1 Å². The summed E-state index contributed by atoms with van der Waals surface area (Å²) >= 11 is 6.91. The van der Waals surface area contributed by atoms with Gasteiger partial charge < -0.3 is 4.74 Å². The Morgan fingerprint density at radius 2 is 1.97 bits per heavy atom. The van der Waals surface area contributed by atoms with Gasteiger partial charge in [0.05, 0.1) is 29.3 Å². The number of carbonyl (C=O) groups is 2. The lowest BCUT2D eigenvalue weighted by molar-refractivity contribution is -0.291. The molecule has 0 aromatic carbocycles. The minimum atomic E-state index is -5.96. The number of esters is 1. The molecule has 0 aliphatic rings. The molecule has 0 aliphatic carbocycles. The number of nitrogens with zero attached hydrogens (tertiary/aromatic N) is 5. The van der Waals surface area contributed by atoms with Crippen LogP contribution in [0.4, 0.5) is 22.0 Å². The smallest absolute Gasteiger partial charge is 0.459 e. The number of methoxy groups -OCH3 is 1. The molecule has 3 aromatic rings. The van der Waals surface area contributed by atoms with Crippen LogP contribution in [-0.4, -0.2) is 50.3 Å². The second-order valence-electron chi connectivity index (χ2n) is 5.74. The summed E-state index contributed by atoms with van der Waals surface area (Å²) in [5.41, 5.74) is -2.60. The minimum absolute atomic E-state index is 0.0509. The molecule has 0 N–H and O–H groups in total. The lowest BCUT2D eigenvalue weighted by Crippen LogP contribution is -2.35. The van der Waals surface area contributed by atoms with Gasteiger partial charge in [-0.15, -0.1) is 16.4 Å². The van der Waals surface area contributed by atoms with Crippen molar-refractivity contribution < 1.29 is 36.3 Å². The van der Waals surface area contributed by atoms with Crippen LogP contribution in [0.2, 0.25) is 4.34 Å². The van der Waals surface area contributed by atoms with Crippen molar-refractivity contribution in [2.45, 2.75) is 12.1 Å². The van der Waals surface area contributed by atoms with Crippen molar-refractivity contribution in [3.8, 4) is 16.4 Å². The molecule has 8 nitrogen and oxygen atoms in total. The van der Waals surface area contributed by atoms with Gasteiger partial charge in [-0.2, -0.15) is 27.1 Å². The minimum Gasteiger partial charge on any atom is -0.465 e. The van der Waals surface area contributed by atoms with Gasteiger partial charge in [0.15, 0.2) is 17.8 Å². The number of ether oxygens (including phenoxy) is 1. The first-order chi connectivity index (χ1) is 13.9. The maximum absolute atomic E-state index is 13.8. The monoisotopic (exact) mass is 469 g/mol. The predicted molar refractivity (Wildman–Crippen MR) is 93.1 cm³/mol. The van der Waals surface area contributed by atoms with E-state index in [1.807, 2.05) is 0 Å². The SMILES string of the molecule is COC(=O)c1cc(-c2cn(-c3c(C=O)c(C(F)(F)C(F)(F)F)nn3C)nn2)sc1Cl. The fourth-order valence-electron chi connectivity index (χ4n) is 2.50. The van der Waals surface area contributed by atoms with Gasteiger partial charge in [0.2, 0.25) is 0 Å². The number of carbonyl (C=O) groups excluding carboxylic acids is 2. The standard InChI is InChI=1S/C15H9ClF5N5O3S/c1-25-12(7(5-27)10(23-25)14(17,18)15(19,20)21)26-4-8(22-24-26)9-3-6(11(16)30-9)13(28)29-2/h3-5H,1-2H3. The molecular weight excluding hydrogens is 461 g/mol. The van der Waals surface area contributed by atoms with Crippen LogP contribution in [-0.2, 0) is 17.7 Å². The Hall–Kier alpha value is -2.87. The maximum atomic E-state index is 13.8. The number of aromatic nitrogens is 5. The molecule has 30 heavy (non-hydrogen) atoms. The molecule has 0 spiro atoms. The zero-order chi connectivity index (χ0) is 22.4. The number of thiophene rings is 1. The van der Waals surface area contributed by atoms with Crippen LogP contribution in [0.15, 0.2) is 12.3 Å². The van der Waals surface area contributed by atoms with Crippen LogP contribution in [0.5, 0.6) is 0 Å². The molecule has 0 saturated heterocycles. The third-order valence-electron chi connectivity index (χ3n) is 3.88. The Labute approximate surface area is 172 Å². The van der Waals surface area contributed by atoms with E-state index >= 15 is 0 Å². The summed E-state index contributed by atoms with van der Waals surface area (Å²) in [6.45, 7) is 0. The molecule has 160 valence electrons. The molecular formula is C15H9ClF5N5O3S. The molecule has 0 unspecified atom stereocenters. The normalized spacial score (nSPS) is 12.3. The molecule has 3 rings (SSSR count). The van der Waals surface area contributed by atoms with Crippen molar-refractivity contribution in [3.63, 3.8) is 0 Å². The van der Waals surface area contributed by atoms with Gasteiger partial charge in [0, 0.05) is 7.05 Å². The fourth-order valence-corrected chi connectivity index (χ4v) is 3.70. The van der Waals surface area contributed by atoms with Crippen molar-refractivity contribution in [3.05, 3.63) is 33.4 Å². The van der Waals surface area contributed by atoms with Crippen LogP contribution in [0, 0.1) is 0 Å². The number of aldehydes is 1. The third-order valence-corrected chi connectivity index (χ3v) is 5.26. The van der Waals surface area contributed by atoms with Crippen molar-refractivity contribution in [1.82, 2.24) is 24.8 Å². The molecule has 0 saturated carbocycles. The predicted octanol–water partition coefficient (Wildman–Crippen LogP) is 3.64. The molecule has 3 heterocycles. The number of hydrogen-bond acceptors (Lipinski definition) is 7. The molecule has 15 heteroatoms. The molecule has 0 radical (unpaired) electrons. The van der Waals surface area contributed by atoms with Gasteiger partial charge >= 0.3 is 18.1 Å². The highest BCUT2D eigenvalue weighted by molar-refractivity contribution is 7.19. The quantitative estimate of drug-likeness (QED) is 0.322. The topological polar surface area (TPSA) is 91.9 Å². The maximum Gasteiger partial charge on any atom is 0.459 e. The van der Waals surface area contributed by atoms with E-state index in [1.165, 1.54) is 6.07 Å². The average molecular weight is 470 g/mol. The highest BCUT2D eigenvalue weighted by atomic mass is 35.5. The Morgan fingerprint density at radius 3 is 2.53 bits per heavy atom. The molecule has 0 amide bonds. The molecule has 0 bridgehead atoms. The van der Waals surface area contributed by atoms with E-state index in [1.54, 1.807) is 0 Å². The Morgan fingerprint density at radius 1 is 1.30 bits per heavy atom. The van der Waals surface area contributed by atoms with Crippen LogP contribution in [0.25, 0.3) is 16.4 Å². The molecule has 0 aliphatic heterocycles.